The van der Waals surface area contributed by atoms with Gasteiger partial charge in [0.25, 0.3) is 11.6 Å². The maximum atomic E-state index is 12.1. The minimum absolute atomic E-state index is 0.0610. The van der Waals surface area contributed by atoms with E-state index in [0.717, 1.165) is 19.3 Å². The van der Waals surface area contributed by atoms with Gasteiger partial charge in [0, 0.05) is 21.7 Å². The Balaban J connectivity index is 2.15. The summed E-state index contributed by atoms with van der Waals surface area (Å²) in [5, 5.41) is 13.7. The molecule has 0 aliphatic heterocycles. The summed E-state index contributed by atoms with van der Waals surface area (Å²) in [5.74, 6) is -0.242. The van der Waals surface area contributed by atoms with Crippen LogP contribution in [0.15, 0.2) is 30.4 Å². The van der Waals surface area contributed by atoms with Crippen LogP contribution in [-0.4, -0.2) is 16.9 Å². The van der Waals surface area contributed by atoms with E-state index in [1.165, 1.54) is 12.1 Å². The molecule has 0 bridgehead atoms. The van der Waals surface area contributed by atoms with Crippen LogP contribution in [-0.2, 0) is 0 Å². The number of benzene rings is 1. The molecule has 6 heteroatoms. The summed E-state index contributed by atoms with van der Waals surface area (Å²) in [6.45, 7) is 0. The summed E-state index contributed by atoms with van der Waals surface area (Å²) in [7, 11) is 0. The van der Waals surface area contributed by atoms with Gasteiger partial charge in [0.05, 0.1) is 10.5 Å². The molecule has 1 unspecified atom stereocenters. The zero-order valence-electron chi connectivity index (χ0n) is 10.1. The standard InChI is InChI=1S/C13H13IN2O3/c14-12-7-6-10(16(18)19)8-11(12)13(17)15-9-4-2-1-3-5-9/h1-2,6-9H,3-5H2,(H,15,17). The van der Waals surface area contributed by atoms with Gasteiger partial charge < -0.3 is 5.32 Å². The zero-order valence-corrected chi connectivity index (χ0v) is 12.3. The van der Waals surface area contributed by atoms with Crippen LogP contribution in [0.3, 0.4) is 0 Å². The van der Waals surface area contributed by atoms with Gasteiger partial charge in [0.15, 0.2) is 0 Å². The van der Waals surface area contributed by atoms with Crippen LogP contribution in [0.2, 0.25) is 0 Å². The van der Waals surface area contributed by atoms with E-state index in [0.29, 0.717) is 9.13 Å². The highest BCUT2D eigenvalue weighted by atomic mass is 127. The first-order chi connectivity index (χ1) is 9.08. The number of carbonyl (C=O) groups excluding carboxylic acids is 1. The molecule has 1 atom stereocenters. The number of hydrogen-bond donors (Lipinski definition) is 1. The molecule has 5 nitrogen and oxygen atoms in total. The van der Waals surface area contributed by atoms with Crippen LogP contribution in [0.25, 0.3) is 0 Å². The van der Waals surface area contributed by atoms with Crippen LogP contribution in [0, 0.1) is 13.7 Å². The quantitative estimate of drug-likeness (QED) is 0.384. The normalized spacial score (nSPS) is 18.1. The van der Waals surface area contributed by atoms with Gasteiger partial charge in [-0.05, 0) is 47.9 Å². The molecular weight excluding hydrogens is 359 g/mol. The van der Waals surface area contributed by atoms with Crippen LogP contribution >= 0.6 is 22.6 Å². The molecule has 0 aromatic heterocycles. The first kappa shape index (κ1) is 14.0. The summed E-state index contributed by atoms with van der Waals surface area (Å²) in [5.41, 5.74) is 0.304. The van der Waals surface area contributed by atoms with Crippen LogP contribution in [0.1, 0.15) is 29.6 Å². The Labute approximate surface area is 124 Å². The molecule has 1 aliphatic rings. The third-order valence-electron chi connectivity index (χ3n) is 3.01. The van der Waals surface area contributed by atoms with Gasteiger partial charge in [-0.3, -0.25) is 14.9 Å². The Morgan fingerprint density at radius 2 is 2.21 bits per heavy atom. The number of nitrogens with one attached hydrogen (secondary N) is 1. The number of halogens is 1. The lowest BCUT2D eigenvalue weighted by Gasteiger charge is -2.19. The Morgan fingerprint density at radius 3 is 2.84 bits per heavy atom. The Hall–Kier alpha value is -1.44. The molecule has 0 saturated heterocycles. The fourth-order valence-corrected chi connectivity index (χ4v) is 2.57. The molecule has 0 saturated carbocycles. The van der Waals surface area contributed by atoms with Crippen molar-refractivity contribution in [1.82, 2.24) is 5.32 Å². The predicted molar refractivity (Wildman–Crippen MR) is 80.1 cm³/mol. The predicted octanol–water partition coefficient (Wildman–Crippen LogP) is 3.04. The highest BCUT2D eigenvalue weighted by Gasteiger charge is 2.18. The van der Waals surface area contributed by atoms with Gasteiger partial charge in [0.2, 0.25) is 0 Å². The molecule has 0 spiro atoms. The number of hydrogen-bond acceptors (Lipinski definition) is 3. The summed E-state index contributed by atoms with van der Waals surface area (Å²) in [6, 6.07) is 4.44. The molecule has 1 aromatic carbocycles. The van der Waals surface area contributed by atoms with Crippen molar-refractivity contribution in [2.75, 3.05) is 0 Å². The van der Waals surface area contributed by atoms with E-state index in [-0.39, 0.29) is 17.6 Å². The first-order valence-electron chi connectivity index (χ1n) is 5.97. The van der Waals surface area contributed by atoms with Crippen molar-refractivity contribution in [3.8, 4) is 0 Å². The molecular formula is C13H13IN2O3. The van der Waals surface area contributed by atoms with Crippen molar-refractivity contribution >= 4 is 34.2 Å². The molecule has 1 N–H and O–H groups in total. The van der Waals surface area contributed by atoms with Crippen molar-refractivity contribution in [2.45, 2.75) is 25.3 Å². The highest BCUT2D eigenvalue weighted by Crippen LogP contribution is 2.20. The lowest BCUT2D eigenvalue weighted by Crippen LogP contribution is -2.35. The van der Waals surface area contributed by atoms with Gasteiger partial charge in [-0.1, -0.05) is 12.2 Å². The molecule has 0 heterocycles. The number of nitro groups is 1. The van der Waals surface area contributed by atoms with E-state index in [1.54, 1.807) is 6.07 Å². The molecule has 1 aliphatic carbocycles. The number of amides is 1. The number of allylic oxidation sites excluding steroid dienone is 1. The maximum Gasteiger partial charge on any atom is 0.270 e. The van der Waals surface area contributed by atoms with Crippen molar-refractivity contribution < 1.29 is 9.72 Å². The molecule has 2 rings (SSSR count). The number of non-ortho nitro benzene ring substituents is 1. The lowest BCUT2D eigenvalue weighted by molar-refractivity contribution is -0.384. The minimum Gasteiger partial charge on any atom is -0.349 e. The monoisotopic (exact) mass is 372 g/mol. The van der Waals surface area contributed by atoms with E-state index in [2.05, 4.69) is 11.4 Å². The van der Waals surface area contributed by atoms with Crippen molar-refractivity contribution in [2.24, 2.45) is 0 Å². The topological polar surface area (TPSA) is 72.2 Å². The average molecular weight is 372 g/mol. The Bertz CT molecular complexity index is 543. The van der Waals surface area contributed by atoms with Crippen LogP contribution in [0.5, 0.6) is 0 Å². The number of carbonyl (C=O) groups is 1. The second-order valence-electron chi connectivity index (χ2n) is 4.38. The second kappa shape index (κ2) is 6.14. The van der Waals surface area contributed by atoms with Gasteiger partial charge >= 0.3 is 0 Å². The van der Waals surface area contributed by atoms with E-state index < -0.39 is 4.92 Å². The van der Waals surface area contributed by atoms with E-state index in [1.807, 2.05) is 28.7 Å². The first-order valence-corrected chi connectivity index (χ1v) is 7.05. The third kappa shape index (κ3) is 3.52. The molecule has 0 radical (unpaired) electrons. The van der Waals surface area contributed by atoms with E-state index in [9.17, 15) is 14.9 Å². The number of nitrogens with zero attached hydrogens (tertiary/aromatic N) is 1. The SMILES string of the molecule is O=C(NC1CC=CCC1)c1cc([N+](=O)[O-])ccc1I. The fourth-order valence-electron chi connectivity index (χ4n) is 1.99. The largest absolute Gasteiger partial charge is 0.349 e. The third-order valence-corrected chi connectivity index (χ3v) is 3.95. The molecule has 1 amide bonds. The number of rotatable bonds is 3. The molecule has 100 valence electrons. The Kier molecular flexibility index (Phi) is 4.52. The van der Waals surface area contributed by atoms with E-state index >= 15 is 0 Å². The highest BCUT2D eigenvalue weighted by molar-refractivity contribution is 14.1. The summed E-state index contributed by atoms with van der Waals surface area (Å²) in [4.78, 5) is 22.4. The Morgan fingerprint density at radius 1 is 1.42 bits per heavy atom. The van der Waals surface area contributed by atoms with Gasteiger partial charge in [-0.15, -0.1) is 0 Å². The van der Waals surface area contributed by atoms with Gasteiger partial charge in [-0.25, -0.2) is 0 Å². The van der Waals surface area contributed by atoms with Crippen molar-refractivity contribution in [1.29, 1.82) is 0 Å². The summed E-state index contributed by atoms with van der Waals surface area (Å²) in [6.07, 6.45) is 6.83. The number of nitro benzene ring substituents is 1. The molecule has 0 fully saturated rings. The summed E-state index contributed by atoms with van der Waals surface area (Å²) < 4.78 is 0.715. The van der Waals surface area contributed by atoms with Crippen molar-refractivity contribution in [3.63, 3.8) is 0 Å². The van der Waals surface area contributed by atoms with Crippen molar-refractivity contribution in [3.05, 3.63) is 49.6 Å². The minimum atomic E-state index is -0.490. The zero-order chi connectivity index (χ0) is 13.8. The average Bonchev–Trinajstić information content (AvgIpc) is 2.40. The molecule has 1 aromatic rings. The molecule has 19 heavy (non-hydrogen) atoms. The lowest BCUT2D eigenvalue weighted by atomic mass is 10.0. The van der Waals surface area contributed by atoms with Gasteiger partial charge in [0.1, 0.15) is 0 Å². The van der Waals surface area contributed by atoms with Gasteiger partial charge in [-0.2, -0.15) is 0 Å². The van der Waals surface area contributed by atoms with Crippen LogP contribution in [0.4, 0.5) is 5.69 Å². The smallest absolute Gasteiger partial charge is 0.270 e. The second-order valence-corrected chi connectivity index (χ2v) is 5.54. The van der Waals surface area contributed by atoms with E-state index in [4.69, 9.17) is 0 Å². The fraction of sp³-hybridized carbons (Fsp3) is 0.308. The maximum absolute atomic E-state index is 12.1. The summed E-state index contributed by atoms with van der Waals surface area (Å²) >= 11 is 2.01. The van der Waals surface area contributed by atoms with Crippen LogP contribution < -0.4 is 5.32 Å².